The maximum atomic E-state index is 12.4. The maximum Gasteiger partial charge on any atom is 0.434 e. The van der Waals surface area contributed by atoms with Crippen molar-refractivity contribution < 1.29 is 22.7 Å². The van der Waals surface area contributed by atoms with Gasteiger partial charge in [0.25, 0.3) is 0 Å². The van der Waals surface area contributed by atoms with E-state index in [1.165, 1.54) is 0 Å². The van der Waals surface area contributed by atoms with Crippen LogP contribution in [0.15, 0.2) is 5.38 Å². The van der Waals surface area contributed by atoms with Crippen molar-refractivity contribution in [2.45, 2.75) is 38.1 Å². The van der Waals surface area contributed by atoms with Crippen LogP contribution in [0, 0.1) is 0 Å². The molecule has 2 rings (SSSR count). The SMILES string of the molecule is CC1(C)OCCC1NC(=O)Nc1nc(C(F)(F)F)cs1. The Balaban J connectivity index is 1.93. The molecule has 1 aromatic rings. The fourth-order valence-electron chi connectivity index (χ4n) is 1.89. The lowest BCUT2D eigenvalue weighted by molar-refractivity contribution is -0.140. The first-order chi connectivity index (χ1) is 9.18. The number of thiazole rings is 1. The molecular weight excluding hydrogens is 295 g/mol. The number of nitrogens with zero attached hydrogens (tertiary/aromatic N) is 1. The molecule has 0 bridgehead atoms. The zero-order valence-electron chi connectivity index (χ0n) is 10.9. The molecule has 112 valence electrons. The fourth-order valence-corrected chi connectivity index (χ4v) is 2.60. The van der Waals surface area contributed by atoms with E-state index in [2.05, 4.69) is 15.6 Å². The van der Waals surface area contributed by atoms with Crippen LogP contribution in [0.5, 0.6) is 0 Å². The second kappa shape index (κ2) is 5.21. The quantitative estimate of drug-likeness (QED) is 0.883. The van der Waals surface area contributed by atoms with Gasteiger partial charge in [-0.3, -0.25) is 5.32 Å². The van der Waals surface area contributed by atoms with Gasteiger partial charge in [-0.05, 0) is 20.3 Å². The van der Waals surface area contributed by atoms with Crippen molar-refractivity contribution in [3.63, 3.8) is 0 Å². The summed E-state index contributed by atoms with van der Waals surface area (Å²) in [6, 6.07) is -0.777. The Morgan fingerprint density at radius 1 is 1.55 bits per heavy atom. The lowest BCUT2D eigenvalue weighted by Gasteiger charge is -2.26. The molecule has 0 spiro atoms. The van der Waals surface area contributed by atoms with Crippen molar-refractivity contribution in [2.24, 2.45) is 0 Å². The number of nitrogens with one attached hydrogen (secondary N) is 2. The first-order valence-electron chi connectivity index (χ1n) is 5.93. The highest BCUT2D eigenvalue weighted by Crippen LogP contribution is 2.31. The second-order valence-corrected chi connectivity index (χ2v) is 5.79. The van der Waals surface area contributed by atoms with Gasteiger partial charge in [-0.25, -0.2) is 9.78 Å². The van der Waals surface area contributed by atoms with Crippen molar-refractivity contribution in [1.82, 2.24) is 10.3 Å². The van der Waals surface area contributed by atoms with Crippen LogP contribution in [0.4, 0.5) is 23.1 Å². The highest BCUT2D eigenvalue weighted by atomic mass is 32.1. The van der Waals surface area contributed by atoms with E-state index < -0.39 is 23.5 Å². The Kier molecular flexibility index (Phi) is 3.92. The van der Waals surface area contributed by atoms with Crippen LogP contribution in [0.2, 0.25) is 0 Å². The van der Waals surface area contributed by atoms with Gasteiger partial charge in [0.15, 0.2) is 10.8 Å². The van der Waals surface area contributed by atoms with Gasteiger partial charge < -0.3 is 10.1 Å². The van der Waals surface area contributed by atoms with Crippen LogP contribution in [0.3, 0.4) is 0 Å². The van der Waals surface area contributed by atoms with Crippen molar-refractivity contribution in [3.8, 4) is 0 Å². The van der Waals surface area contributed by atoms with Crippen LogP contribution in [-0.4, -0.2) is 29.3 Å². The summed E-state index contributed by atoms with van der Waals surface area (Å²) >= 11 is 0.728. The highest BCUT2D eigenvalue weighted by molar-refractivity contribution is 7.13. The topological polar surface area (TPSA) is 63.2 Å². The molecule has 1 aliphatic heterocycles. The minimum absolute atomic E-state index is 0.0912. The number of aromatic nitrogens is 1. The molecule has 20 heavy (non-hydrogen) atoms. The Bertz CT molecular complexity index is 501. The van der Waals surface area contributed by atoms with E-state index in [0.29, 0.717) is 13.0 Å². The van der Waals surface area contributed by atoms with Crippen molar-refractivity contribution in [1.29, 1.82) is 0 Å². The van der Waals surface area contributed by atoms with Crippen LogP contribution in [0.25, 0.3) is 0 Å². The van der Waals surface area contributed by atoms with E-state index in [4.69, 9.17) is 4.74 Å². The van der Waals surface area contributed by atoms with Crippen LogP contribution < -0.4 is 10.6 Å². The second-order valence-electron chi connectivity index (χ2n) is 4.93. The predicted molar refractivity (Wildman–Crippen MR) is 67.7 cm³/mol. The molecule has 0 aliphatic carbocycles. The van der Waals surface area contributed by atoms with E-state index in [1.54, 1.807) is 0 Å². The van der Waals surface area contributed by atoms with Crippen molar-refractivity contribution in [3.05, 3.63) is 11.1 Å². The standard InChI is InChI=1S/C11H14F3N3O2S/c1-10(2)6(3-4-19-10)15-8(18)17-9-16-7(5-20-9)11(12,13)14/h5-6H,3-4H2,1-2H3,(H2,15,16,17,18). The van der Waals surface area contributed by atoms with E-state index in [0.717, 1.165) is 16.7 Å². The molecule has 0 aromatic carbocycles. The Hall–Kier alpha value is -1.35. The number of carbonyl (C=O) groups excluding carboxylic acids is 1. The first-order valence-corrected chi connectivity index (χ1v) is 6.80. The fraction of sp³-hybridized carbons (Fsp3) is 0.636. The summed E-state index contributed by atoms with van der Waals surface area (Å²) in [5.74, 6) is 0. The number of carbonyl (C=O) groups is 1. The van der Waals surface area contributed by atoms with E-state index in [9.17, 15) is 18.0 Å². The third-order valence-corrected chi connectivity index (χ3v) is 3.80. The number of hydrogen-bond donors (Lipinski definition) is 2. The number of ether oxygens (including phenoxy) is 1. The minimum Gasteiger partial charge on any atom is -0.373 e. The number of urea groups is 1. The van der Waals surface area contributed by atoms with Gasteiger partial charge in [-0.1, -0.05) is 0 Å². The zero-order valence-corrected chi connectivity index (χ0v) is 11.7. The number of alkyl halides is 3. The Morgan fingerprint density at radius 2 is 2.25 bits per heavy atom. The molecule has 1 saturated heterocycles. The zero-order chi connectivity index (χ0) is 15.0. The summed E-state index contributed by atoms with van der Waals surface area (Å²) in [6.07, 6.45) is -3.85. The van der Waals surface area contributed by atoms with Gasteiger partial charge in [0.2, 0.25) is 0 Å². The van der Waals surface area contributed by atoms with Gasteiger partial charge in [0, 0.05) is 12.0 Å². The summed E-state index contributed by atoms with van der Waals surface area (Å²) in [6.45, 7) is 4.22. The highest BCUT2D eigenvalue weighted by Gasteiger charge is 2.37. The van der Waals surface area contributed by atoms with E-state index in [1.807, 2.05) is 13.8 Å². The third kappa shape index (κ3) is 3.40. The summed E-state index contributed by atoms with van der Waals surface area (Å²) in [5.41, 5.74) is -1.50. The summed E-state index contributed by atoms with van der Waals surface area (Å²) in [5, 5.41) is 5.75. The van der Waals surface area contributed by atoms with Crippen LogP contribution in [-0.2, 0) is 10.9 Å². The Morgan fingerprint density at radius 3 is 2.75 bits per heavy atom. The average molecular weight is 309 g/mol. The number of rotatable bonds is 2. The lowest BCUT2D eigenvalue weighted by atomic mass is 9.99. The molecule has 1 atom stereocenters. The van der Waals surface area contributed by atoms with E-state index >= 15 is 0 Å². The van der Waals surface area contributed by atoms with E-state index in [-0.39, 0.29) is 11.2 Å². The number of anilines is 1. The predicted octanol–water partition coefficient (Wildman–Crippen LogP) is 2.85. The Labute approximate surface area is 117 Å². The molecule has 2 heterocycles. The normalized spacial score (nSPS) is 21.8. The van der Waals surface area contributed by atoms with Crippen LogP contribution >= 0.6 is 11.3 Å². The van der Waals surface area contributed by atoms with Gasteiger partial charge in [-0.2, -0.15) is 13.2 Å². The molecule has 2 amide bonds. The number of halogens is 3. The smallest absolute Gasteiger partial charge is 0.373 e. The van der Waals surface area contributed by atoms with Crippen LogP contribution in [0.1, 0.15) is 26.0 Å². The molecule has 1 aromatic heterocycles. The summed E-state index contributed by atoms with van der Waals surface area (Å²) in [4.78, 5) is 15.0. The van der Waals surface area contributed by atoms with Gasteiger partial charge in [0.05, 0.1) is 11.6 Å². The first kappa shape index (κ1) is 15.0. The molecule has 9 heteroatoms. The molecule has 0 saturated carbocycles. The van der Waals surface area contributed by atoms with Crippen molar-refractivity contribution in [2.75, 3.05) is 11.9 Å². The molecule has 1 fully saturated rings. The maximum absolute atomic E-state index is 12.4. The monoisotopic (exact) mass is 309 g/mol. The van der Waals surface area contributed by atoms with Crippen molar-refractivity contribution >= 4 is 22.5 Å². The number of amides is 2. The molecule has 5 nitrogen and oxygen atoms in total. The number of hydrogen-bond acceptors (Lipinski definition) is 4. The van der Waals surface area contributed by atoms with Gasteiger partial charge in [-0.15, -0.1) is 11.3 Å². The largest absolute Gasteiger partial charge is 0.434 e. The summed E-state index contributed by atoms with van der Waals surface area (Å²) in [7, 11) is 0. The third-order valence-electron chi connectivity index (χ3n) is 3.04. The summed E-state index contributed by atoms with van der Waals surface area (Å²) < 4.78 is 42.6. The average Bonchev–Trinajstić information content (AvgIpc) is 2.86. The van der Waals surface area contributed by atoms with Gasteiger partial charge in [0.1, 0.15) is 0 Å². The molecule has 1 aliphatic rings. The minimum atomic E-state index is -4.51. The molecule has 2 N–H and O–H groups in total. The molecule has 1 unspecified atom stereocenters. The van der Waals surface area contributed by atoms with Gasteiger partial charge >= 0.3 is 12.2 Å². The molecular formula is C11H14F3N3O2S. The molecule has 0 radical (unpaired) electrons. The lowest BCUT2D eigenvalue weighted by Crippen LogP contribution is -2.47.